The van der Waals surface area contributed by atoms with E-state index in [0.717, 1.165) is 23.0 Å². The number of hydrogen-bond acceptors (Lipinski definition) is 2. The van der Waals surface area contributed by atoms with Crippen molar-refractivity contribution in [3.63, 3.8) is 0 Å². The molecule has 2 aromatic rings. The van der Waals surface area contributed by atoms with Gasteiger partial charge in [-0.2, -0.15) is 5.10 Å². The molecule has 0 fully saturated rings. The molecule has 1 unspecified atom stereocenters. The summed E-state index contributed by atoms with van der Waals surface area (Å²) in [7, 11) is 0. The maximum atomic E-state index is 12.6. The van der Waals surface area contributed by atoms with Crippen LogP contribution in [0.1, 0.15) is 42.2 Å². The van der Waals surface area contributed by atoms with Crippen molar-refractivity contribution in [1.29, 1.82) is 0 Å². The summed E-state index contributed by atoms with van der Waals surface area (Å²) in [5.74, 6) is -0.0613. The van der Waals surface area contributed by atoms with Gasteiger partial charge in [0.25, 0.3) is 0 Å². The molecule has 1 aromatic heterocycles. The predicted octanol–water partition coefficient (Wildman–Crippen LogP) is 4.04. The average molecular weight is 321 g/mol. The number of halogens is 1. The standard InChI is InChI=1S/C15H17BrN2O/c1-3-9-18-14(13(16)10-17-18)15(19)11(2)12-7-5-4-6-8-12/h4-8,10-11H,3,9H2,1-2H3. The van der Waals surface area contributed by atoms with Crippen molar-refractivity contribution >= 4 is 21.7 Å². The van der Waals surface area contributed by atoms with Crippen LogP contribution in [0.4, 0.5) is 0 Å². The SMILES string of the molecule is CCCn1ncc(Br)c1C(=O)C(C)c1ccccc1. The van der Waals surface area contributed by atoms with Crippen LogP contribution in [-0.4, -0.2) is 15.6 Å². The molecule has 0 aliphatic heterocycles. The lowest BCUT2D eigenvalue weighted by atomic mass is 9.95. The smallest absolute Gasteiger partial charge is 0.189 e. The van der Waals surface area contributed by atoms with Crippen LogP contribution in [0.2, 0.25) is 0 Å². The maximum absolute atomic E-state index is 12.6. The number of carbonyl (C=O) groups excluding carboxylic acids is 1. The third-order valence-corrected chi connectivity index (χ3v) is 3.74. The van der Waals surface area contributed by atoms with Gasteiger partial charge < -0.3 is 0 Å². The molecule has 0 N–H and O–H groups in total. The Morgan fingerprint density at radius 3 is 2.68 bits per heavy atom. The summed E-state index contributed by atoms with van der Waals surface area (Å²) in [5, 5.41) is 4.25. The van der Waals surface area contributed by atoms with Crippen LogP contribution in [0.3, 0.4) is 0 Å². The molecule has 0 aliphatic rings. The van der Waals surface area contributed by atoms with Gasteiger partial charge in [-0.25, -0.2) is 0 Å². The average Bonchev–Trinajstić information content (AvgIpc) is 2.80. The molecule has 4 heteroatoms. The first-order valence-corrected chi connectivity index (χ1v) is 7.25. The Labute approximate surface area is 121 Å². The number of ketones is 1. The van der Waals surface area contributed by atoms with E-state index < -0.39 is 0 Å². The Bertz CT molecular complexity index is 563. The van der Waals surface area contributed by atoms with E-state index in [1.54, 1.807) is 10.9 Å². The lowest BCUT2D eigenvalue weighted by Crippen LogP contribution is -2.16. The zero-order valence-corrected chi connectivity index (χ0v) is 12.7. The van der Waals surface area contributed by atoms with Gasteiger partial charge >= 0.3 is 0 Å². The minimum atomic E-state index is -0.162. The molecule has 0 bridgehead atoms. The molecule has 0 spiro atoms. The number of hydrogen-bond donors (Lipinski definition) is 0. The van der Waals surface area contributed by atoms with Crippen molar-refractivity contribution in [2.75, 3.05) is 0 Å². The third-order valence-electron chi connectivity index (χ3n) is 3.16. The Kier molecular flexibility index (Phi) is 4.53. The molecular formula is C15H17BrN2O. The highest BCUT2D eigenvalue weighted by molar-refractivity contribution is 9.10. The van der Waals surface area contributed by atoms with Crippen molar-refractivity contribution in [1.82, 2.24) is 9.78 Å². The minimum Gasteiger partial charge on any atom is -0.292 e. The summed E-state index contributed by atoms with van der Waals surface area (Å²) in [6, 6.07) is 9.83. The molecule has 0 saturated carbocycles. The van der Waals surface area contributed by atoms with Crippen LogP contribution < -0.4 is 0 Å². The number of benzene rings is 1. The maximum Gasteiger partial charge on any atom is 0.189 e. The molecular weight excluding hydrogens is 304 g/mol. The molecule has 0 aliphatic carbocycles. The van der Waals surface area contributed by atoms with E-state index in [1.807, 2.05) is 37.3 Å². The Morgan fingerprint density at radius 1 is 1.37 bits per heavy atom. The van der Waals surface area contributed by atoms with E-state index in [1.165, 1.54) is 0 Å². The van der Waals surface area contributed by atoms with Crippen LogP contribution in [0, 0.1) is 0 Å². The van der Waals surface area contributed by atoms with E-state index in [-0.39, 0.29) is 11.7 Å². The van der Waals surface area contributed by atoms with Crippen LogP contribution in [0.5, 0.6) is 0 Å². The van der Waals surface area contributed by atoms with Gasteiger partial charge in [0.05, 0.1) is 10.7 Å². The highest BCUT2D eigenvalue weighted by atomic mass is 79.9. The van der Waals surface area contributed by atoms with Crippen LogP contribution in [0.25, 0.3) is 0 Å². The topological polar surface area (TPSA) is 34.9 Å². The monoisotopic (exact) mass is 320 g/mol. The number of nitrogens with zero attached hydrogens (tertiary/aromatic N) is 2. The lowest BCUT2D eigenvalue weighted by Gasteiger charge is -2.12. The highest BCUT2D eigenvalue weighted by Gasteiger charge is 2.23. The lowest BCUT2D eigenvalue weighted by molar-refractivity contribution is 0.0954. The van der Waals surface area contributed by atoms with E-state index >= 15 is 0 Å². The summed E-state index contributed by atoms with van der Waals surface area (Å²) in [6.45, 7) is 4.77. The largest absolute Gasteiger partial charge is 0.292 e. The Balaban J connectivity index is 2.32. The van der Waals surface area contributed by atoms with E-state index in [2.05, 4.69) is 28.0 Å². The molecule has 0 radical (unpaired) electrons. The number of aromatic nitrogens is 2. The number of aryl methyl sites for hydroxylation is 1. The van der Waals surface area contributed by atoms with Crippen LogP contribution in [0.15, 0.2) is 41.0 Å². The van der Waals surface area contributed by atoms with Gasteiger partial charge in [0.15, 0.2) is 5.78 Å². The molecule has 1 aromatic carbocycles. The minimum absolute atomic E-state index is 0.101. The van der Waals surface area contributed by atoms with E-state index in [4.69, 9.17) is 0 Å². The van der Waals surface area contributed by atoms with E-state index in [0.29, 0.717) is 5.69 Å². The second kappa shape index (κ2) is 6.15. The van der Waals surface area contributed by atoms with Gasteiger partial charge in [0, 0.05) is 12.5 Å². The molecule has 0 amide bonds. The van der Waals surface area contributed by atoms with Gasteiger partial charge in [0.1, 0.15) is 5.69 Å². The molecule has 0 saturated heterocycles. The molecule has 3 nitrogen and oxygen atoms in total. The normalized spacial score (nSPS) is 12.4. The summed E-state index contributed by atoms with van der Waals surface area (Å²) >= 11 is 3.42. The first kappa shape index (κ1) is 14.0. The van der Waals surface area contributed by atoms with Gasteiger partial charge in [-0.1, -0.05) is 44.2 Å². The second-order valence-electron chi connectivity index (χ2n) is 4.56. The second-order valence-corrected chi connectivity index (χ2v) is 5.42. The van der Waals surface area contributed by atoms with Gasteiger partial charge in [-0.05, 0) is 27.9 Å². The predicted molar refractivity (Wildman–Crippen MR) is 79.4 cm³/mol. The van der Waals surface area contributed by atoms with Crippen molar-refractivity contribution in [3.05, 3.63) is 52.3 Å². The zero-order valence-electron chi connectivity index (χ0n) is 11.1. The molecule has 19 heavy (non-hydrogen) atoms. The molecule has 1 heterocycles. The van der Waals surface area contributed by atoms with E-state index in [9.17, 15) is 4.79 Å². The van der Waals surface area contributed by atoms with Crippen LogP contribution >= 0.6 is 15.9 Å². The number of carbonyl (C=O) groups is 1. The fraction of sp³-hybridized carbons (Fsp3) is 0.333. The fourth-order valence-corrected chi connectivity index (χ4v) is 2.58. The summed E-state index contributed by atoms with van der Waals surface area (Å²) in [4.78, 5) is 12.6. The molecule has 100 valence electrons. The quantitative estimate of drug-likeness (QED) is 0.779. The van der Waals surface area contributed by atoms with Gasteiger partial charge in [0.2, 0.25) is 0 Å². The van der Waals surface area contributed by atoms with Crippen molar-refractivity contribution in [2.24, 2.45) is 0 Å². The highest BCUT2D eigenvalue weighted by Crippen LogP contribution is 2.25. The van der Waals surface area contributed by atoms with Crippen molar-refractivity contribution in [3.8, 4) is 0 Å². The summed E-state index contributed by atoms with van der Waals surface area (Å²) in [6.07, 6.45) is 2.65. The Hall–Kier alpha value is -1.42. The third kappa shape index (κ3) is 2.95. The number of rotatable bonds is 5. The summed E-state index contributed by atoms with van der Waals surface area (Å²) in [5.41, 5.74) is 1.70. The van der Waals surface area contributed by atoms with Crippen molar-refractivity contribution < 1.29 is 4.79 Å². The first-order chi connectivity index (χ1) is 9.15. The summed E-state index contributed by atoms with van der Waals surface area (Å²) < 4.78 is 2.56. The fourth-order valence-electron chi connectivity index (χ4n) is 2.09. The van der Waals surface area contributed by atoms with Crippen molar-refractivity contribution in [2.45, 2.75) is 32.7 Å². The zero-order chi connectivity index (χ0) is 13.8. The molecule has 2 rings (SSSR count). The first-order valence-electron chi connectivity index (χ1n) is 6.45. The Morgan fingerprint density at radius 2 is 2.05 bits per heavy atom. The molecule has 1 atom stereocenters. The van der Waals surface area contributed by atoms with Gasteiger partial charge in [-0.3, -0.25) is 9.48 Å². The van der Waals surface area contributed by atoms with Gasteiger partial charge in [-0.15, -0.1) is 0 Å². The number of Topliss-reactive ketones (excluding diaryl/α,β-unsaturated/α-hetero) is 1. The van der Waals surface area contributed by atoms with Crippen LogP contribution in [-0.2, 0) is 6.54 Å².